The molecule has 0 spiro atoms. The normalized spacial score (nSPS) is 14.4. The highest BCUT2D eigenvalue weighted by molar-refractivity contribution is 6.05. The average Bonchev–Trinajstić information content (AvgIpc) is 2.72. The van der Waals surface area contributed by atoms with Gasteiger partial charge < -0.3 is 19.7 Å². The van der Waals surface area contributed by atoms with Gasteiger partial charge in [0, 0.05) is 24.3 Å². The lowest BCUT2D eigenvalue weighted by Gasteiger charge is -2.25. The number of carbonyl (C=O) groups excluding carboxylic acids is 2. The molecular formula is C23H29N3O4. The predicted molar refractivity (Wildman–Crippen MR) is 115 cm³/mol. The van der Waals surface area contributed by atoms with Crippen LogP contribution in [0, 0.1) is 6.92 Å². The molecule has 0 bridgehead atoms. The van der Waals surface area contributed by atoms with Gasteiger partial charge in [-0.2, -0.15) is 0 Å². The Morgan fingerprint density at radius 3 is 2.33 bits per heavy atom. The van der Waals surface area contributed by atoms with Gasteiger partial charge in [0.2, 0.25) is 0 Å². The zero-order valence-electron chi connectivity index (χ0n) is 17.9. The Bertz CT molecular complexity index is 905. The maximum absolute atomic E-state index is 13.2. The van der Waals surface area contributed by atoms with Gasteiger partial charge >= 0.3 is 0 Å². The third-order valence-corrected chi connectivity index (χ3v) is 5.24. The van der Waals surface area contributed by atoms with Crippen molar-refractivity contribution in [1.29, 1.82) is 0 Å². The van der Waals surface area contributed by atoms with E-state index in [0.717, 1.165) is 44.5 Å². The minimum atomic E-state index is -0.380. The van der Waals surface area contributed by atoms with Crippen LogP contribution in [0.1, 0.15) is 58.6 Å². The second kappa shape index (κ2) is 10.1. The van der Waals surface area contributed by atoms with E-state index in [1.165, 1.54) is 20.6 Å². The fraction of sp³-hybridized carbons (Fsp3) is 0.435. The number of hydrogen-bond donors (Lipinski definition) is 1. The molecule has 1 aliphatic heterocycles. The third kappa shape index (κ3) is 5.09. The van der Waals surface area contributed by atoms with Crippen LogP contribution in [0.15, 0.2) is 30.3 Å². The molecule has 1 aliphatic rings. The SMILES string of the molecule is COc1cc(C(=O)N2CCCCCCC2)cc(NC(=O)c2cccc(C)n2)c1OC. The van der Waals surface area contributed by atoms with Crippen LogP contribution in [0.3, 0.4) is 0 Å². The number of methoxy groups -OCH3 is 2. The fourth-order valence-electron chi connectivity index (χ4n) is 3.67. The Morgan fingerprint density at radius 1 is 1.00 bits per heavy atom. The van der Waals surface area contributed by atoms with Crippen molar-refractivity contribution in [1.82, 2.24) is 9.88 Å². The Morgan fingerprint density at radius 2 is 1.70 bits per heavy atom. The molecular weight excluding hydrogens is 382 g/mol. The summed E-state index contributed by atoms with van der Waals surface area (Å²) in [6, 6.07) is 8.55. The maximum atomic E-state index is 13.2. The van der Waals surface area contributed by atoms with E-state index in [-0.39, 0.29) is 17.5 Å². The summed E-state index contributed by atoms with van der Waals surface area (Å²) in [6.45, 7) is 3.30. The monoisotopic (exact) mass is 411 g/mol. The number of likely N-dealkylation sites (tertiary alicyclic amines) is 1. The molecule has 2 aromatic rings. The topological polar surface area (TPSA) is 80.8 Å². The van der Waals surface area contributed by atoms with Crippen molar-refractivity contribution in [2.45, 2.75) is 39.0 Å². The van der Waals surface area contributed by atoms with Gasteiger partial charge in [0.25, 0.3) is 11.8 Å². The first-order valence-electron chi connectivity index (χ1n) is 10.3. The molecule has 0 aliphatic carbocycles. The average molecular weight is 412 g/mol. The van der Waals surface area contributed by atoms with E-state index in [0.29, 0.717) is 22.7 Å². The molecule has 160 valence electrons. The van der Waals surface area contributed by atoms with Crippen LogP contribution in [-0.4, -0.2) is 49.0 Å². The largest absolute Gasteiger partial charge is 0.493 e. The van der Waals surface area contributed by atoms with Crippen LogP contribution in [-0.2, 0) is 0 Å². The second-order valence-electron chi connectivity index (χ2n) is 7.44. The van der Waals surface area contributed by atoms with Gasteiger partial charge in [0.05, 0.1) is 19.9 Å². The van der Waals surface area contributed by atoms with Crippen molar-refractivity contribution >= 4 is 17.5 Å². The summed E-state index contributed by atoms with van der Waals surface area (Å²) in [6.07, 6.45) is 5.51. The number of rotatable bonds is 5. The highest BCUT2D eigenvalue weighted by Crippen LogP contribution is 2.37. The van der Waals surface area contributed by atoms with Gasteiger partial charge in [-0.1, -0.05) is 25.3 Å². The van der Waals surface area contributed by atoms with E-state index in [1.54, 1.807) is 24.3 Å². The number of aryl methyl sites for hydroxylation is 1. The first-order chi connectivity index (χ1) is 14.5. The van der Waals surface area contributed by atoms with Crippen LogP contribution in [0.5, 0.6) is 11.5 Å². The van der Waals surface area contributed by atoms with Crippen molar-refractivity contribution in [2.24, 2.45) is 0 Å². The number of ether oxygens (including phenoxy) is 2. The van der Waals surface area contributed by atoms with Crippen LogP contribution >= 0.6 is 0 Å². The summed E-state index contributed by atoms with van der Waals surface area (Å²) in [5, 5.41) is 2.82. The van der Waals surface area contributed by atoms with Crippen LogP contribution in [0.4, 0.5) is 5.69 Å². The number of benzene rings is 1. The van der Waals surface area contributed by atoms with Gasteiger partial charge in [-0.05, 0) is 44.0 Å². The minimum absolute atomic E-state index is 0.0676. The number of amides is 2. The van der Waals surface area contributed by atoms with E-state index in [9.17, 15) is 9.59 Å². The molecule has 1 aromatic carbocycles. The Hall–Kier alpha value is -3.09. The smallest absolute Gasteiger partial charge is 0.274 e. The minimum Gasteiger partial charge on any atom is -0.493 e. The van der Waals surface area contributed by atoms with Crippen molar-refractivity contribution in [3.63, 3.8) is 0 Å². The quantitative estimate of drug-likeness (QED) is 0.802. The summed E-state index contributed by atoms with van der Waals surface area (Å²) in [7, 11) is 3.01. The lowest BCUT2D eigenvalue weighted by Crippen LogP contribution is -2.33. The molecule has 7 heteroatoms. The van der Waals surface area contributed by atoms with Gasteiger partial charge in [-0.3, -0.25) is 9.59 Å². The number of nitrogens with one attached hydrogen (secondary N) is 1. The van der Waals surface area contributed by atoms with E-state index < -0.39 is 0 Å². The summed E-state index contributed by atoms with van der Waals surface area (Å²) >= 11 is 0. The number of hydrogen-bond acceptors (Lipinski definition) is 5. The highest BCUT2D eigenvalue weighted by atomic mass is 16.5. The molecule has 0 saturated carbocycles. The van der Waals surface area contributed by atoms with Crippen molar-refractivity contribution < 1.29 is 19.1 Å². The first kappa shape index (κ1) is 21.6. The zero-order valence-corrected chi connectivity index (χ0v) is 17.9. The predicted octanol–water partition coefficient (Wildman–Crippen LogP) is 4.07. The van der Waals surface area contributed by atoms with E-state index >= 15 is 0 Å². The lowest BCUT2D eigenvalue weighted by molar-refractivity contribution is 0.0741. The molecule has 1 fully saturated rings. The van der Waals surface area contributed by atoms with E-state index in [2.05, 4.69) is 10.3 Å². The van der Waals surface area contributed by atoms with Crippen molar-refractivity contribution in [2.75, 3.05) is 32.6 Å². The molecule has 1 saturated heterocycles. The first-order valence-corrected chi connectivity index (χ1v) is 10.3. The molecule has 1 aromatic heterocycles. The fourth-order valence-corrected chi connectivity index (χ4v) is 3.67. The number of pyridine rings is 1. The van der Waals surface area contributed by atoms with Crippen molar-refractivity contribution in [3.8, 4) is 11.5 Å². The number of nitrogens with zero attached hydrogens (tertiary/aromatic N) is 2. The molecule has 0 unspecified atom stereocenters. The molecule has 7 nitrogen and oxygen atoms in total. The summed E-state index contributed by atoms with van der Waals surface area (Å²) in [5.74, 6) is 0.308. The molecule has 30 heavy (non-hydrogen) atoms. The third-order valence-electron chi connectivity index (χ3n) is 5.24. The van der Waals surface area contributed by atoms with Gasteiger partial charge in [0.1, 0.15) is 5.69 Å². The van der Waals surface area contributed by atoms with E-state index in [4.69, 9.17) is 9.47 Å². The Kier molecular flexibility index (Phi) is 7.27. The Labute approximate surface area is 177 Å². The summed E-state index contributed by atoms with van der Waals surface area (Å²) < 4.78 is 10.9. The molecule has 2 amide bonds. The molecule has 3 rings (SSSR count). The summed E-state index contributed by atoms with van der Waals surface area (Å²) in [5.41, 5.74) is 1.87. The molecule has 2 heterocycles. The van der Waals surface area contributed by atoms with Crippen LogP contribution in [0.2, 0.25) is 0 Å². The van der Waals surface area contributed by atoms with Crippen LogP contribution < -0.4 is 14.8 Å². The van der Waals surface area contributed by atoms with Crippen LogP contribution in [0.25, 0.3) is 0 Å². The number of carbonyl (C=O) groups is 2. The molecule has 1 N–H and O–H groups in total. The lowest BCUT2D eigenvalue weighted by atomic mass is 10.1. The van der Waals surface area contributed by atoms with Gasteiger partial charge in [0.15, 0.2) is 11.5 Å². The summed E-state index contributed by atoms with van der Waals surface area (Å²) in [4.78, 5) is 32.1. The highest BCUT2D eigenvalue weighted by Gasteiger charge is 2.22. The second-order valence-corrected chi connectivity index (χ2v) is 7.44. The van der Waals surface area contributed by atoms with Gasteiger partial charge in [-0.15, -0.1) is 0 Å². The standard InChI is InChI=1S/C23H29N3O4/c1-16-10-9-11-18(24-16)22(27)25-19-14-17(15-20(29-2)21(19)30-3)23(28)26-12-7-5-4-6-8-13-26/h9-11,14-15H,4-8,12-13H2,1-3H3,(H,25,27). The maximum Gasteiger partial charge on any atom is 0.274 e. The number of aromatic nitrogens is 1. The Balaban J connectivity index is 1.91. The molecule has 0 atom stereocenters. The van der Waals surface area contributed by atoms with Gasteiger partial charge in [-0.25, -0.2) is 4.98 Å². The number of anilines is 1. The molecule has 0 radical (unpaired) electrons. The van der Waals surface area contributed by atoms with E-state index in [1.807, 2.05) is 17.9 Å². The zero-order chi connectivity index (χ0) is 21.5. The van der Waals surface area contributed by atoms with Crippen molar-refractivity contribution in [3.05, 3.63) is 47.3 Å².